The SMILES string of the molecule is CCOC(=O)c1c(NC(=O)C2CCCCC2)sc(C(=O)Nc2cccc(Cl)c2Cl)c1C. The first-order chi connectivity index (χ1) is 14.8. The number of ether oxygens (including phenoxy) is 1. The number of carbonyl (C=O) groups excluding carboxylic acids is 3. The van der Waals surface area contributed by atoms with Crippen molar-refractivity contribution in [1.29, 1.82) is 0 Å². The van der Waals surface area contributed by atoms with Gasteiger partial charge in [0.1, 0.15) is 5.00 Å². The van der Waals surface area contributed by atoms with Gasteiger partial charge in [-0.25, -0.2) is 4.79 Å². The van der Waals surface area contributed by atoms with Crippen LogP contribution in [-0.4, -0.2) is 24.4 Å². The molecule has 1 aromatic carbocycles. The minimum absolute atomic E-state index is 0.0891. The van der Waals surface area contributed by atoms with E-state index in [-0.39, 0.29) is 33.9 Å². The third-order valence-electron chi connectivity index (χ3n) is 5.25. The second-order valence-electron chi connectivity index (χ2n) is 7.36. The third kappa shape index (κ3) is 5.40. The highest BCUT2D eigenvalue weighted by Crippen LogP contribution is 2.36. The number of amides is 2. The Morgan fingerprint density at radius 2 is 1.84 bits per heavy atom. The summed E-state index contributed by atoms with van der Waals surface area (Å²) >= 11 is 13.2. The van der Waals surface area contributed by atoms with E-state index in [4.69, 9.17) is 27.9 Å². The zero-order valence-corrected chi connectivity index (χ0v) is 19.7. The van der Waals surface area contributed by atoms with Crippen LogP contribution in [0.3, 0.4) is 0 Å². The van der Waals surface area contributed by atoms with Crippen LogP contribution in [-0.2, 0) is 9.53 Å². The average Bonchev–Trinajstić information content (AvgIpc) is 3.08. The van der Waals surface area contributed by atoms with Crippen molar-refractivity contribution in [3.05, 3.63) is 44.2 Å². The quantitative estimate of drug-likeness (QED) is 0.472. The van der Waals surface area contributed by atoms with Crippen LogP contribution in [0.25, 0.3) is 0 Å². The number of benzene rings is 1. The van der Waals surface area contributed by atoms with Gasteiger partial charge in [0.25, 0.3) is 5.91 Å². The summed E-state index contributed by atoms with van der Waals surface area (Å²) in [5.41, 5.74) is 1.01. The molecule has 0 atom stereocenters. The van der Waals surface area contributed by atoms with Crippen LogP contribution < -0.4 is 10.6 Å². The minimum atomic E-state index is -0.574. The number of nitrogens with one attached hydrogen (secondary N) is 2. The molecule has 3 rings (SSSR count). The van der Waals surface area contributed by atoms with E-state index in [9.17, 15) is 14.4 Å². The van der Waals surface area contributed by atoms with Crippen molar-refractivity contribution in [2.45, 2.75) is 46.0 Å². The molecule has 2 N–H and O–H groups in total. The van der Waals surface area contributed by atoms with Crippen LogP contribution in [0.1, 0.15) is 64.6 Å². The molecule has 1 aliphatic rings. The smallest absolute Gasteiger partial charge is 0.341 e. The predicted octanol–water partition coefficient (Wildman–Crippen LogP) is 6.31. The Morgan fingerprint density at radius 3 is 2.52 bits per heavy atom. The fourth-order valence-corrected chi connectivity index (χ4v) is 5.07. The van der Waals surface area contributed by atoms with Crippen molar-refractivity contribution in [1.82, 2.24) is 0 Å². The van der Waals surface area contributed by atoms with E-state index in [0.29, 0.717) is 21.3 Å². The maximum atomic E-state index is 13.0. The summed E-state index contributed by atoms with van der Waals surface area (Å²) in [4.78, 5) is 38.6. The number of carbonyl (C=O) groups is 3. The Kier molecular flexibility index (Phi) is 7.97. The van der Waals surface area contributed by atoms with Crippen molar-refractivity contribution >= 4 is 63.0 Å². The van der Waals surface area contributed by atoms with Gasteiger partial charge in [0, 0.05) is 5.92 Å². The van der Waals surface area contributed by atoms with Gasteiger partial charge in [0.05, 0.1) is 32.8 Å². The van der Waals surface area contributed by atoms with Crippen LogP contribution in [0, 0.1) is 12.8 Å². The lowest BCUT2D eigenvalue weighted by Crippen LogP contribution is -2.25. The Hall–Kier alpha value is -2.09. The van der Waals surface area contributed by atoms with E-state index in [0.717, 1.165) is 43.4 Å². The second kappa shape index (κ2) is 10.5. The number of esters is 1. The number of hydrogen-bond donors (Lipinski definition) is 2. The molecular weight excluding hydrogens is 459 g/mol. The maximum absolute atomic E-state index is 13.0. The molecular formula is C22H24Cl2N2O4S. The molecule has 0 unspecified atom stereocenters. The van der Waals surface area contributed by atoms with Gasteiger partial charge in [-0.15, -0.1) is 11.3 Å². The Balaban J connectivity index is 1.90. The number of rotatable bonds is 6. The number of halogens is 2. The van der Waals surface area contributed by atoms with Crippen LogP contribution in [0.4, 0.5) is 10.7 Å². The van der Waals surface area contributed by atoms with Crippen molar-refractivity contribution in [3.8, 4) is 0 Å². The van der Waals surface area contributed by atoms with Crippen LogP contribution in [0.5, 0.6) is 0 Å². The summed E-state index contributed by atoms with van der Waals surface area (Å²) in [6.45, 7) is 3.55. The highest BCUT2D eigenvalue weighted by atomic mass is 35.5. The molecule has 0 saturated heterocycles. The van der Waals surface area contributed by atoms with Crippen molar-refractivity contribution in [3.63, 3.8) is 0 Å². The number of anilines is 2. The molecule has 1 aromatic heterocycles. The lowest BCUT2D eigenvalue weighted by molar-refractivity contribution is -0.120. The first kappa shape index (κ1) is 23.6. The van der Waals surface area contributed by atoms with E-state index in [1.54, 1.807) is 32.0 Å². The second-order valence-corrected chi connectivity index (χ2v) is 9.17. The van der Waals surface area contributed by atoms with Gasteiger partial charge in [0.15, 0.2) is 0 Å². The largest absolute Gasteiger partial charge is 0.462 e. The van der Waals surface area contributed by atoms with Crippen molar-refractivity contribution < 1.29 is 19.1 Å². The van der Waals surface area contributed by atoms with Crippen LogP contribution in [0.2, 0.25) is 10.0 Å². The maximum Gasteiger partial charge on any atom is 0.341 e. The van der Waals surface area contributed by atoms with Crippen LogP contribution in [0.15, 0.2) is 18.2 Å². The fraction of sp³-hybridized carbons (Fsp3) is 0.409. The predicted molar refractivity (Wildman–Crippen MR) is 125 cm³/mol. The topological polar surface area (TPSA) is 84.5 Å². The number of thiophene rings is 1. The summed E-state index contributed by atoms with van der Waals surface area (Å²) < 4.78 is 5.17. The molecule has 1 heterocycles. The first-order valence-electron chi connectivity index (χ1n) is 10.2. The lowest BCUT2D eigenvalue weighted by atomic mass is 9.89. The van der Waals surface area contributed by atoms with Gasteiger partial charge >= 0.3 is 5.97 Å². The summed E-state index contributed by atoms with van der Waals surface area (Å²) in [6.07, 6.45) is 4.81. The number of hydrogen-bond acceptors (Lipinski definition) is 5. The summed E-state index contributed by atoms with van der Waals surface area (Å²) in [6, 6.07) is 4.92. The van der Waals surface area contributed by atoms with Gasteiger partial charge in [-0.05, 0) is 44.4 Å². The monoisotopic (exact) mass is 482 g/mol. The van der Waals surface area contributed by atoms with E-state index >= 15 is 0 Å². The molecule has 1 fully saturated rings. The molecule has 0 radical (unpaired) electrons. The Bertz CT molecular complexity index is 1000. The lowest BCUT2D eigenvalue weighted by Gasteiger charge is -2.20. The van der Waals surface area contributed by atoms with E-state index < -0.39 is 11.9 Å². The molecule has 1 aliphatic carbocycles. The molecule has 6 nitrogen and oxygen atoms in total. The normalized spacial score (nSPS) is 14.2. The van der Waals surface area contributed by atoms with E-state index in [2.05, 4.69) is 10.6 Å². The van der Waals surface area contributed by atoms with Gasteiger partial charge in [-0.3, -0.25) is 9.59 Å². The highest BCUT2D eigenvalue weighted by molar-refractivity contribution is 7.19. The van der Waals surface area contributed by atoms with E-state index in [1.165, 1.54) is 0 Å². The average molecular weight is 483 g/mol. The van der Waals surface area contributed by atoms with E-state index in [1.807, 2.05) is 0 Å². The molecule has 0 aliphatic heterocycles. The van der Waals surface area contributed by atoms with Crippen molar-refractivity contribution in [2.75, 3.05) is 17.2 Å². The molecule has 2 amide bonds. The molecule has 1 saturated carbocycles. The Labute approximate surface area is 195 Å². The van der Waals surface area contributed by atoms with Gasteiger partial charge < -0.3 is 15.4 Å². The van der Waals surface area contributed by atoms with Gasteiger partial charge in [-0.1, -0.05) is 48.5 Å². The zero-order valence-electron chi connectivity index (χ0n) is 17.3. The summed E-state index contributed by atoms with van der Waals surface area (Å²) in [5.74, 6) is -1.24. The molecule has 9 heteroatoms. The standard InChI is InChI=1S/C22H24Cl2N2O4S/c1-3-30-22(29)16-12(2)18(20(28)25-15-11-7-10-14(23)17(15)24)31-21(16)26-19(27)13-8-5-4-6-9-13/h7,10-11,13H,3-6,8-9H2,1-2H3,(H,25,28)(H,26,27). The Morgan fingerprint density at radius 1 is 1.13 bits per heavy atom. The highest BCUT2D eigenvalue weighted by Gasteiger charge is 2.29. The molecule has 2 aromatic rings. The van der Waals surface area contributed by atoms with Crippen molar-refractivity contribution in [2.24, 2.45) is 5.92 Å². The van der Waals surface area contributed by atoms with Gasteiger partial charge in [-0.2, -0.15) is 0 Å². The molecule has 166 valence electrons. The molecule has 0 spiro atoms. The molecule has 0 bridgehead atoms. The van der Waals surface area contributed by atoms with Gasteiger partial charge in [0.2, 0.25) is 5.91 Å². The summed E-state index contributed by atoms with van der Waals surface area (Å²) in [7, 11) is 0. The summed E-state index contributed by atoms with van der Waals surface area (Å²) in [5, 5.41) is 6.47. The zero-order chi connectivity index (χ0) is 22.5. The first-order valence-corrected chi connectivity index (χ1v) is 11.8. The van der Waals surface area contributed by atoms with Crippen LogP contribution >= 0.6 is 34.5 Å². The minimum Gasteiger partial charge on any atom is -0.462 e. The molecule has 31 heavy (non-hydrogen) atoms. The fourth-order valence-electron chi connectivity index (χ4n) is 3.63. The third-order valence-corrected chi connectivity index (χ3v) is 7.27.